The minimum absolute atomic E-state index is 0.755. The van der Waals surface area contributed by atoms with E-state index in [2.05, 4.69) is 29.2 Å². The van der Waals surface area contributed by atoms with Gasteiger partial charge in [-0.15, -0.1) is 0 Å². The highest BCUT2D eigenvalue weighted by Crippen LogP contribution is 2.34. The SMILES string of the molecule is CCN(CC)c1ccc2c(c1)N=[S@](=O)(c1ccccc1)C=C2. The molecule has 0 fully saturated rings. The van der Waals surface area contributed by atoms with Gasteiger partial charge in [0.05, 0.1) is 10.6 Å². The Kier molecular flexibility index (Phi) is 4.03. The van der Waals surface area contributed by atoms with E-state index < -0.39 is 9.73 Å². The Hall–Kier alpha value is -2.07. The molecule has 0 amide bonds. The van der Waals surface area contributed by atoms with Crippen molar-refractivity contribution in [1.29, 1.82) is 0 Å². The lowest BCUT2D eigenvalue weighted by Gasteiger charge is -2.22. The van der Waals surface area contributed by atoms with E-state index in [4.69, 9.17) is 0 Å². The molecule has 0 aromatic heterocycles. The number of anilines is 1. The lowest BCUT2D eigenvalue weighted by atomic mass is 10.1. The maximum absolute atomic E-state index is 13.1. The Morgan fingerprint density at radius 2 is 1.77 bits per heavy atom. The molecular weight excluding hydrogens is 292 g/mol. The molecule has 2 aromatic carbocycles. The predicted molar refractivity (Wildman–Crippen MR) is 94.0 cm³/mol. The molecule has 0 saturated heterocycles. The quantitative estimate of drug-likeness (QED) is 0.821. The highest BCUT2D eigenvalue weighted by Gasteiger charge is 2.16. The summed E-state index contributed by atoms with van der Waals surface area (Å²) < 4.78 is 17.7. The van der Waals surface area contributed by atoms with Gasteiger partial charge >= 0.3 is 0 Å². The van der Waals surface area contributed by atoms with E-state index in [0.29, 0.717) is 0 Å². The van der Waals surface area contributed by atoms with Crippen molar-refractivity contribution in [2.45, 2.75) is 18.7 Å². The van der Waals surface area contributed by atoms with Gasteiger partial charge in [-0.2, -0.15) is 4.36 Å². The molecule has 0 bridgehead atoms. The lowest BCUT2D eigenvalue weighted by molar-refractivity contribution is 0.682. The van der Waals surface area contributed by atoms with Crippen molar-refractivity contribution in [2.24, 2.45) is 4.36 Å². The summed E-state index contributed by atoms with van der Waals surface area (Å²) in [6.45, 7) is 6.15. The van der Waals surface area contributed by atoms with Crippen LogP contribution in [0.4, 0.5) is 11.4 Å². The normalized spacial score (nSPS) is 19.4. The first-order valence-electron chi connectivity index (χ1n) is 7.55. The van der Waals surface area contributed by atoms with Gasteiger partial charge in [0.25, 0.3) is 0 Å². The van der Waals surface area contributed by atoms with Gasteiger partial charge in [0.1, 0.15) is 9.73 Å². The fraction of sp³-hybridized carbons (Fsp3) is 0.222. The molecule has 0 N–H and O–H groups in total. The molecule has 1 aliphatic rings. The molecule has 1 atom stereocenters. The second kappa shape index (κ2) is 5.97. The second-order valence-electron chi connectivity index (χ2n) is 5.19. The first kappa shape index (κ1) is 14.9. The first-order valence-corrected chi connectivity index (χ1v) is 9.13. The molecule has 0 radical (unpaired) electrons. The van der Waals surface area contributed by atoms with Gasteiger partial charge in [0.2, 0.25) is 0 Å². The smallest absolute Gasteiger partial charge is 0.102 e. The summed E-state index contributed by atoms with van der Waals surface area (Å²) in [6.07, 6.45) is 1.92. The Morgan fingerprint density at radius 3 is 2.45 bits per heavy atom. The van der Waals surface area contributed by atoms with E-state index in [1.165, 1.54) is 0 Å². The summed E-state index contributed by atoms with van der Waals surface area (Å²) in [5, 5.41) is 1.72. The Bertz CT molecular complexity index is 814. The molecule has 1 aliphatic heterocycles. The van der Waals surface area contributed by atoms with Gasteiger partial charge in [-0.05, 0) is 44.2 Å². The van der Waals surface area contributed by atoms with Crippen molar-refractivity contribution in [1.82, 2.24) is 0 Å². The Morgan fingerprint density at radius 1 is 1.05 bits per heavy atom. The Labute approximate surface area is 132 Å². The third kappa shape index (κ3) is 2.66. The molecule has 0 aliphatic carbocycles. The molecule has 3 rings (SSSR count). The average Bonchev–Trinajstić information content (AvgIpc) is 2.56. The molecular formula is C18H20N2OS. The molecule has 22 heavy (non-hydrogen) atoms. The van der Waals surface area contributed by atoms with Crippen molar-refractivity contribution < 1.29 is 4.21 Å². The average molecular weight is 312 g/mol. The number of hydrogen-bond donors (Lipinski definition) is 0. The summed E-state index contributed by atoms with van der Waals surface area (Å²) >= 11 is 0. The lowest BCUT2D eigenvalue weighted by Crippen LogP contribution is -2.21. The molecule has 0 saturated carbocycles. The largest absolute Gasteiger partial charge is 0.372 e. The van der Waals surface area contributed by atoms with E-state index in [-0.39, 0.29) is 0 Å². The van der Waals surface area contributed by atoms with Crippen LogP contribution in [0.3, 0.4) is 0 Å². The van der Waals surface area contributed by atoms with Gasteiger partial charge in [-0.25, -0.2) is 4.21 Å². The van der Waals surface area contributed by atoms with Crippen LogP contribution in [0.1, 0.15) is 19.4 Å². The standard InChI is InChI=1S/C18H20N2OS/c1-3-20(4-2)16-11-10-15-12-13-22(21,19-18(15)14-16)17-8-6-5-7-9-17/h5-14H,3-4H2,1-2H3/t22-/m1/s1. The van der Waals surface area contributed by atoms with E-state index in [9.17, 15) is 4.21 Å². The summed E-state index contributed by atoms with van der Waals surface area (Å²) in [5.41, 5.74) is 2.95. The van der Waals surface area contributed by atoms with E-state index in [0.717, 1.165) is 34.9 Å². The van der Waals surface area contributed by atoms with Gasteiger partial charge in [-0.1, -0.05) is 24.3 Å². The van der Waals surface area contributed by atoms with Crippen molar-refractivity contribution in [3.05, 3.63) is 59.5 Å². The summed E-state index contributed by atoms with van der Waals surface area (Å²) in [4.78, 5) is 3.02. The van der Waals surface area contributed by atoms with Gasteiger partial charge in [0.15, 0.2) is 0 Å². The van der Waals surface area contributed by atoms with Crippen LogP contribution in [0.2, 0.25) is 0 Å². The summed E-state index contributed by atoms with van der Waals surface area (Å²) in [6, 6.07) is 15.6. The monoisotopic (exact) mass is 312 g/mol. The number of rotatable bonds is 4. The maximum Gasteiger partial charge on any atom is 0.102 e. The van der Waals surface area contributed by atoms with Crippen LogP contribution in [0.15, 0.2) is 63.2 Å². The fourth-order valence-electron chi connectivity index (χ4n) is 2.63. The zero-order valence-corrected chi connectivity index (χ0v) is 13.7. The minimum Gasteiger partial charge on any atom is -0.372 e. The van der Waals surface area contributed by atoms with Gasteiger partial charge in [0, 0.05) is 29.7 Å². The number of hydrogen-bond acceptors (Lipinski definition) is 3. The van der Waals surface area contributed by atoms with Crippen molar-refractivity contribution in [2.75, 3.05) is 18.0 Å². The third-order valence-corrected chi connectivity index (χ3v) is 5.81. The first-order chi connectivity index (χ1) is 10.7. The Balaban J connectivity index is 2.10. The van der Waals surface area contributed by atoms with Crippen LogP contribution in [-0.2, 0) is 9.73 Å². The molecule has 2 aromatic rings. The van der Waals surface area contributed by atoms with Crippen LogP contribution in [-0.4, -0.2) is 17.3 Å². The highest BCUT2D eigenvalue weighted by atomic mass is 32.2. The topological polar surface area (TPSA) is 32.7 Å². The van der Waals surface area contributed by atoms with Crippen molar-refractivity contribution >= 4 is 27.2 Å². The number of benzene rings is 2. The molecule has 114 valence electrons. The van der Waals surface area contributed by atoms with E-state index >= 15 is 0 Å². The summed E-state index contributed by atoms with van der Waals surface area (Å²) in [7, 11) is -2.51. The maximum atomic E-state index is 13.1. The number of fused-ring (bicyclic) bond motifs is 1. The van der Waals surface area contributed by atoms with Crippen molar-refractivity contribution in [3.8, 4) is 0 Å². The van der Waals surface area contributed by atoms with Crippen LogP contribution < -0.4 is 4.90 Å². The van der Waals surface area contributed by atoms with Crippen LogP contribution in [0.25, 0.3) is 6.08 Å². The fourth-order valence-corrected chi connectivity index (χ4v) is 4.28. The molecule has 0 spiro atoms. The van der Waals surface area contributed by atoms with Crippen LogP contribution >= 0.6 is 0 Å². The molecule has 3 nitrogen and oxygen atoms in total. The van der Waals surface area contributed by atoms with Crippen LogP contribution in [0.5, 0.6) is 0 Å². The summed E-state index contributed by atoms with van der Waals surface area (Å²) in [5.74, 6) is 0. The predicted octanol–water partition coefficient (Wildman–Crippen LogP) is 4.68. The van der Waals surface area contributed by atoms with Gasteiger partial charge < -0.3 is 4.90 Å². The molecule has 1 heterocycles. The van der Waals surface area contributed by atoms with Gasteiger partial charge in [-0.3, -0.25) is 0 Å². The number of nitrogens with zero attached hydrogens (tertiary/aromatic N) is 2. The minimum atomic E-state index is -2.51. The molecule has 0 unspecified atom stereocenters. The van der Waals surface area contributed by atoms with E-state index in [1.54, 1.807) is 5.41 Å². The zero-order valence-electron chi connectivity index (χ0n) is 12.9. The second-order valence-corrected chi connectivity index (χ2v) is 7.25. The van der Waals surface area contributed by atoms with E-state index in [1.807, 2.05) is 48.5 Å². The highest BCUT2D eigenvalue weighted by molar-refractivity contribution is 7.96. The third-order valence-electron chi connectivity index (χ3n) is 3.89. The van der Waals surface area contributed by atoms with Crippen molar-refractivity contribution in [3.63, 3.8) is 0 Å². The zero-order chi connectivity index (χ0) is 15.6. The van der Waals surface area contributed by atoms with Crippen LogP contribution in [0, 0.1) is 0 Å². The molecule has 4 heteroatoms.